The van der Waals surface area contributed by atoms with Crippen molar-refractivity contribution in [3.63, 3.8) is 0 Å². The van der Waals surface area contributed by atoms with E-state index in [1.165, 1.54) is 0 Å². The topological polar surface area (TPSA) is 103 Å². The number of hydrogen-bond donors (Lipinski definition) is 3. The fraction of sp³-hybridized carbons (Fsp3) is 0.370. The lowest BCUT2D eigenvalue weighted by atomic mass is 10.0. The van der Waals surface area contributed by atoms with E-state index in [1.807, 2.05) is 59.3 Å². The van der Waals surface area contributed by atoms with Crippen molar-refractivity contribution < 1.29 is 19.7 Å². The fourth-order valence-electron chi connectivity index (χ4n) is 4.21. The van der Waals surface area contributed by atoms with E-state index in [0.29, 0.717) is 24.8 Å². The minimum Gasteiger partial charge on any atom is -0.485 e. The molecular weight excluding hydrogens is 430 g/mol. The molecule has 7 nitrogen and oxygen atoms in total. The van der Waals surface area contributed by atoms with Crippen LogP contribution in [0.2, 0.25) is 0 Å². The first kappa shape index (κ1) is 22.6. The third-order valence-electron chi connectivity index (χ3n) is 6.44. The molecule has 2 fully saturated rings. The minimum absolute atomic E-state index is 0.240. The predicted octanol–water partition coefficient (Wildman–Crippen LogP) is 2.83. The zero-order valence-corrected chi connectivity index (χ0v) is 19.1. The largest absolute Gasteiger partial charge is 0.485 e. The lowest BCUT2D eigenvalue weighted by molar-refractivity contribution is 0.0733. The Kier molecular flexibility index (Phi) is 6.15. The maximum Gasteiger partial charge on any atom is 0.150 e. The van der Waals surface area contributed by atoms with E-state index in [0.717, 1.165) is 29.5 Å². The number of rotatable bonds is 6. The zero-order valence-electron chi connectivity index (χ0n) is 19.1. The van der Waals surface area contributed by atoms with Crippen LogP contribution in [0, 0.1) is 11.8 Å². The van der Waals surface area contributed by atoms with E-state index in [2.05, 4.69) is 16.8 Å². The third kappa shape index (κ3) is 4.72. The van der Waals surface area contributed by atoms with Crippen molar-refractivity contribution in [1.82, 2.24) is 9.55 Å². The Morgan fingerprint density at radius 2 is 1.79 bits per heavy atom. The van der Waals surface area contributed by atoms with Crippen LogP contribution in [0.1, 0.15) is 43.3 Å². The summed E-state index contributed by atoms with van der Waals surface area (Å²) in [6.45, 7) is 2.41. The van der Waals surface area contributed by atoms with Crippen LogP contribution < -0.4 is 10.5 Å². The van der Waals surface area contributed by atoms with Gasteiger partial charge >= 0.3 is 0 Å². The Bertz CT molecular complexity index is 1190. The zero-order chi connectivity index (χ0) is 23.7. The number of nitrogens with zero attached hydrogens (tertiary/aromatic N) is 2. The van der Waals surface area contributed by atoms with Crippen molar-refractivity contribution in [2.24, 2.45) is 5.73 Å². The highest BCUT2D eigenvalue weighted by molar-refractivity contribution is 5.65. The van der Waals surface area contributed by atoms with Gasteiger partial charge in [0.2, 0.25) is 0 Å². The van der Waals surface area contributed by atoms with Gasteiger partial charge in [-0.25, -0.2) is 4.98 Å². The summed E-state index contributed by atoms with van der Waals surface area (Å²) in [6, 6.07) is 15.6. The lowest BCUT2D eigenvalue weighted by Gasteiger charge is -2.22. The maximum absolute atomic E-state index is 10.1. The number of ether oxygens (including phenoxy) is 2. The van der Waals surface area contributed by atoms with E-state index in [4.69, 9.17) is 15.2 Å². The molecule has 1 saturated heterocycles. The fourth-order valence-corrected chi connectivity index (χ4v) is 4.21. The molecule has 0 bridgehead atoms. The second-order valence-electron chi connectivity index (χ2n) is 9.14. The van der Waals surface area contributed by atoms with Gasteiger partial charge in [-0.2, -0.15) is 0 Å². The molecule has 2 aromatic carbocycles. The quantitative estimate of drug-likeness (QED) is 0.490. The summed E-state index contributed by atoms with van der Waals surface area (Å²) in [4.78, 5) is 4.28. The molecule has 0 spiro atoms. The first-order chi connectivity index (χ1) is 16.4. The van der Waals surface area contributed by atoms with Crippen LogP contribution in [-0.2, 0) is 4.74 Å². The van der Waals surface area contributed by atoms with Crippen molar-refractivity contribution in [3.05, 3.63) is 72.3 Å². The summed E-state index contributed by atoms with van der Waals surface area (Å²) in [5.41, 5.74) is 9.16. The van der Waals surface area contributed by atoms with Gasteiger partial charge in [-0.15, -0.1) is 0 Å². The summed E-state index contributed by atoms with van der Waals surface area (Å²) in [5, 5.41) is 19.9. The monoisotopic (exact) mass is 459 g/mol. The first-order valence-corrected chi connectivity index (χ1v) is 11.6. The summed E-state index contributed by atoms with van der Waals surface area (Å²) < 4.78 is 12.9. The number of imidazole rings is 1. The molecule has 4 N–H and O–H groups in total. The van der Waals surface area contributed by atoms with Gasteiger partial charge < -0.3 is 30.0 Å². The molecule has 1 aromatic heterocycles. The van der Waals surface area contributed by atoms with Crippen LogP contribution in [0.15, 0.2) is 60.9 Å². The van der Waals surface area contributed by atoms with Crippen LogP contribution in [0.3, 0.4) is 0 Å². The van der Waals surface area contributed by atoms with Gasteiger partial charge in [0.25, 0.3) is 0 Å². The van der Waals surface area contributed by atoms with E-state index in [9.17, 15) is 10.2 Å². The predicted molar refractivity (Wildman–Crippen MR) is 128 cm³/mol. The molecule has 0 amide bonds. The van der Waals surface area contributed by atoms with Gasteiger partial charge in [0.15, 0.2) is 0 Å². The maximum atomic E-state index is 10.1. The van der Waals surface area contributed by atoms with E-state index in [-0.39, 0.29) is 17.7 Å². The summed E-state index contributed by atoms with van der Waals surface area (Å²) in [5.74, 6) is 7.88. The van der Waals surface area contributed by atoms with Gasteiger partial charge in [0.1, 0.15) is 35.9 Å². The van der Waals surface area contributed by atoms with Crippen molar-refractivity contribution in [2.45, 2.75) is 49.7 Å². The molecule has 2 heterocycles. The van der Waals surface area contributed by atoms with Crippen LogP contribution >= 0.6 is 0 Å². The first-order valence-electron chi connectivity index (χ1n) is 11.6. The summed E-state index contributed by atoms with van der Waals surface area (Å²) in [7, 11) is 0. The highest BCUT2D eigenvalue weighted by Gasteiger charge is 2.47. The Balaban J connectivity index is 1.30. The lowest BCUT2D eigenvalue weighted by Crippen LogP contribution is -2.34. The number of aliphatic hydroxyl groups is 2. The van der Waals surface area contributed by atoms with Crippen molar-refractivity contribution in [3.8, 4) is 28.7 Å². The highest BCUT2D eigenvalue weighted by atomic mass is 16.6. The molecule has 1 aliphatic carbocycles. The molecule has 0 radical (unpaired) electrons. The standard InChI is InChI=1S/C27H29N3O4/c1-18(31)26-29-14-15-30(26)25(27(28)12-13-27)11-4-19-2-5-20(6-3-19)21-7-9-22(10-8-21)34-24-17-33-16-23(24)32/h2-3,5-10,14-15,18,23-25,31-32H,12-13,16-17,28H2,1H3/t18-,23+,24+,25-/m0/s1. The smallest absolute Gasteiger partial charge is 0.150 e. The molecule has 0 unspecified atom stereocenters. The van der Waals surface area contributed by atoms with Crippen molar-refractivity contribution in [2.75, 3.05) is 13.2 Å². The molecule has 176 valence electrons. The second-order valence-corrected chi connectivity index (χ2v) is 9.14. The number of hydrogen-bond acceptors (Lipinski definition) is 6. The molecule has 4 atom stereocenters. The molecule has 1 saturated carbocycles. The molecule has 5 rings (SSSR count). The van der Waals surface area contributed by atoms with Crippen molar-refractivity contribution >= 4 is 0 Å². The second kappa shape index (κ2) is 9.24. The number of benzene rings is 2. The number of nitrogens with two attached hydrogens (primary N) is 1. The normalized spacial score (nSPS) is 22.5. The van der Waals surface area contributed by atoms with Gasteiger partial charge in [-0.05, 0) is 55.2 Å². The van der Waals surface area contributed by atoms with Crippen LogP contribution in [0.5, 0.6) is 5.75 Å². The number of aliphatic hydroxyl groups excluding tert-OH is 2. The van der Waals surface area contributed by atoms with Gasteiger partial charge in [-0.3, -0.25) is 0 Å². The molecular formula is C27H29N3O4. The average Bonchev–Trinajstić information content (AvgIpc) is 3.20. The van der Waals surface area contributed by atoms with Crippen molar-refractivity contribution in [1.29, 1.82) is 0 Å². The Morgan fingerprint density at radius 1 is 1.12 bits per heavy atom. The minimum atomic E-state index is -0.686. The highest BCUT2D eigenvalue weighted by Crippen LogP contribution is 2.43. The van der Waals surface area contributed by atoms with Gasteiger partial charge in [0, 0.05) is 23.5 Å². The summed E-state index contributed by atoms with van der Waals surface area (Å²) in [6.07, 6.45) is 3.71. The molecule has 2 aliphatic rings. The molecule has 7 heteroatoms. The van der Waals surface area contributed by atoms with Crippen LogP contribution in [0.4, 0.5) is 0 Å². The Labute approximate surface area is 199 Å². The molecule has 1 aliphatic heterocycles. The Morgan fingerprint density at radius 3 is 2.38 bits per heavy atom. The van der Waals surface area contributed by atoms with Gasteiger partial charge in [0.05, 0.1) is 13.2 Å². The third-order valence-corrected chi connectivity index (χ3v) is 6.44. The molecule has 34 heavy (non-hydrogen) atoms. The Hall–Kier alpha value is -3.15. The van der Waals surface area contributed by atoms with Gasteiger partial charge in [-0.1, -0.05) is 36.1 Å². The average molecular weight is 460 g/mol. The molecule has 3 aromatic rings. The van der Waals surface area contributed by atoms with E-state index in [1.54, 1.807) is 13.1 Å². The summed E-state index contributed by atoms with van der Waals surface area (Å²) >= 11 is 0. The van der Waals surface area contributed by atoms with Crippen LogP contribution in [-0.4, -0.2) is 50.7 Å². The number of aromatic nitrogens is 2. The van der Waals surface area contributed by atoms with Crippen LogP contribution in [0.25, 0.3) is 11.1 Å². The van der Waals surface area contributed by atoms with E-state index >= 15 is 0 Å². The van der Waals surface area contributed by atoms with E-state index < -0.39 is 12.2 Å². The SMILES string of the molecule is C[C@H](O)c1nccn1[C@@H](C#Cc1ccc(-c2ccc(O[C@@H]3COC[C@H]3O)cc2)cc1)C1(N)CC1.